The van der Waals surface area contributed by atoms with E-state index in [1.54, 1.807) is 0 Å². The maximum Gasteiger partial charge on any atom is 5.00 e. The SMILES string of the molecule is [Cl-].[Cl-].[Cl-].[Cl-].[Cl-].[Cl-].[Cl-].[Cl-].[Cl-].[Ta+5].[Ti+4]. The van der Waals surface area contributed by atoms with Gasteiger partial charge >= 0.3 is 44.1 Å². The minimum atomic E-state index is 0. The molecule has 0 bridgehead atoms. The molecule has 0 fully saturated rings. The Bertz CT molecular complexity index is 9.52. The first-order valence-electron chi connectivity index (χ1n) is 0. The third kappa shape index (κ3) is 124. The van der Waals surface area contributed by atoms with E-state index in [-0.39, 0.29) is 156 Å². The van der Waals surface area contributed by atoms with Crippen LogP contribution in [0.4, 0.5) is 0 Å². The van der Waals surface area contributed by atoms with Crippen LogP contribution in [-0.4, -0.2) is 0 Å². The molecule has 0 radical (unpaired) electrons. The van der Waals surface area contributed by atoms with Gasteiger partial charge in [0.25, 0.3) is 0 Å². The number of hydrogen-bond donors (Lipinski definition) is 0. The second kappa shape index (κ2) is 145. The van der Waals surface area contributed by atoms with Crippen molar-refractivity contribution >= 4 is 0 Å². The molecule has 72 valence electrons. The van der Waals surface area contributed by atoms with Crippen LogP contribution in [0.5, 0.6) is 0 Å². The summed E-state index contributed by atoms with van der Waals surface area (Å²) in [5, 5.41) is 0. The molecule has 0 spiro atoms. The summed E-state index contributed by atoms with van der Waals surface area (Å²) < 4.78 is 0. The van der Waals surface area contributed by atoms with Crippen LogP contribution < -0.4 is 112 Å². The monoisotopic (exact) mass is 544 g/mol. The van der Waals surface area contributed by atoms with Crippen molar-refractivity contribution in [3.63, 3.8) is 0 Å². The second-order valence-electron chi connectivity index (χ2n) is 0. The summed E-state index contributed by atoms with van der Waals surface area (Å²) >= 11 is 0. The van der Waals surface area contributed by atoms with Gasteiger partial charge < -0.3 is 112 Å². The Morgan fingerprint density at radius 3 is 0.273 bits per heavy atom. The quantitative estimate of drug-likeness (QED) is 0.265. The van der Waals surface area contributed by atoms with Gasteiger partial charge in [0.05, 0.1) is 0 Å². The molecule has 0 nitrogen and oxygen atoms in total. The minimum Gasteiger partial charge on any atom is -1.00 e. The molecule has 11 heavy (non-hydrogen) atoms. The zero-order valence-electron chi connectivity index (χ0n) is 4.35. The maximum atomic E-state index is 0. The van der Waals surface area contributed by atoms with E-state index < -0.39 is 0 Å². The van der Waals surface area contributed by atoms with Crippen LogP contribution in [0, 0.1) is 0 Å². The van der Waals surface area contributed by atoms with E-state index in [1.807, 2.05) is 0 Å². The number of rotatable bonds is 0. The molecule has 0 saturated heterocycles. The molecule has 11 heteroatoms. The van der Waals surface area contributed by atoms with Gasteiger partial charge in [0, 0.05) is 0 Å². The molecule has 0 aliphatic heterocycles. The molecule has 0 N–H and O–H groups in total. The first-order valence-corrected chi connectivity index (χ1v) is 0. The van der Waals surface area contributed by atoms with Crippen LogP contribution in [0.3, 0.4) is 0 Å². The Morgan fingerprint density at radius 1 is 0.273 bits per heavy atom. The Hall–Kier alpha value is 4.06. The standard InChI is InChI=1S/9ClH.Ta.Ti/h9*1H;;/q;;;;;;;;;+5;+4/p-9. The van der Waals surface area contributed by atoms with Gasteiger partial charge in [0.2, 0.25) is 0 Å². The summed E-state index contributed by atoms with van der Waals surface area (Å²) in [6.07, 6.45) is 0. The number of halogens is 9. The van der Waals surface area contributed by atoms with Gasteiger partial charge in [-0.25, -0.2) is 0 Å². The van der Waals surface area contributed by atoms with Crippen LogP contribution in [0.15, 0.2) is 0 Å². The van der Waals surface area contributed by atoms with E-state index in [2.05, 4.69) is 0 Å². The van der Waals surface area contributed by atoms with E-state index in [0.29, 0.717) is 0 Å². The average molecular weight is 548 g/mol. The van der Waals surface area contributed by atoms with Crippen LogP contribution in [0.25, 0.3) is 0 Å². The first kappa shape index (κ1) is 180. The van der Waals surface area contributed by atoms with Crippen LogP contribution in [0.2, 0.25) is 0 Å². The third-order valence-corrected chi connectivity index (χ3v) is 0. The fraction of sp³-hybridized carbons (Fsp3) is 0. The zero-order chi connectivity index (χ0) is 0. The van der Waals surface area contributed by atoms with Gasteiger partial charge in [-0.1, -0.05) is 0 Å². The molecule has 0 aromatic heterocycles. The van der Waals surface area contributed by atoms with E-state index in [9.17, 15) is 0 Å². The van der Waals surface area contributed by atoms with Crippen molar-refractivity contribution in [2.75, 3.05) is 0 Å². The molecular weight excluding hydrogens is 548 g/mol. The summed E-state index contributed by atoms with van der Waals surface area (Å²) in [4.78, 5) is 0. The smallest absolute Gasteiger partial charge is 1.00 e. The molecular formula is Cl9TaTi. The van der Waals surface area contributed by atoms with Gasteiger partial charge in [0.1, 0.15) is 0 Å². The third-order valence-electron chi connectivity index (χ3n) is 0. The van der Waals surface area contributed by atoms with Gasteiger partial charge in [-0.15, -0.1) is 0 Å². The van der Waals surface area contributed by atoms with Crippen molar-refractivity contribution in [2.45, 2.75) is 0 Å². The Balaban J connectivity index is 0. The summed E-state index contributed by atoms with van der Waals surface area (Å²) in [6.45, 7) is 0. The molecule has 0 heterocycles. The summed E-state index contributed by atoms with van der Waals surface area (Å²) in [5.41, 5.74) is 0. The average Bonchev–Trinajstić information content (AvgIpc) is 0. The maximum absolute atomic E-state index is 0. The van der Waals surface area contributed by atoms with Gasteiger partial charge in [-0.05, 0) is 0 Å². The molecule has 0 saturated carbocycles. The fourth-order valence-electron chi connectivity index (χ4n) is 0. The summed E-state index contributed by atoms with van der Waals surface area (Å²) in [6, 6.07) is 0. The molecule has 0 atom stereocenters. The van der Waals surface area contributed by atoms with Crippen molar-refractivity contribution in [1.29, 1.82) is 0 Å². The van der Waals surface area contributed by atoms with Crippen LogP contribution in [-0.2, 0) is 44.1 Å². The van der Waals surface area contributed by atoms with Crippen molar-refractivity contribution in [3.05, 3.63) is 0 Å². The van der Waals surface area contributed by atoms with E-state index >= 15 is 0 Å². The number of hydrogen-bond acceptors (Lipinski definition) is 0. The van der Waals surface area contributed by atoms with E-state index in [1.165, 1.54) is 0 Å². The molecule has 0 aliphatic rings. The first-order chi connectivity index (χ1) is 0. The van der Waals surface area contributed by atoms with E-state index in [0.717, 1.165) is 0 Å². The van der Waals surface area contributed by atoms with Crippen LogP contribution in [0.1, 0.15) is 0 Å². The topological polar surface area (TPSA) is 0 Å². The second-order valence-corrected chi connectivity index (χ2v) is 0. The fourth-order valence-corrected chi connectivity index (χ4v) is 0. The largest absolute Gasteiger partial charge is 5.00 e. The molecule has 0 amide bonds. The van der Waals surface area contributed by atoms with Gasteiger partial charge in [-0.2, -0.15) is 0 Å². The Kier molecular flexibility index (Phi) is 2380. The Morgan fingerprint density at radius 2 is 0.273 bits per heavy atom. The summed E-state index contributed by atoms with van der Waals surface area (Å²) in [7, 11) is 0. The normalized spacial score (nSPS) is 0. The molecule has 0 aromatic carbocycles. The predicted octanol–water partition coefficient (Wildman–Crippen LogP) is -27.0. The Labute approximate surface area is 153 Å². The predicted molar refractivity (Wildman–Crippen MR) is 0 cm³/mol. The zero-order valence-corrected chi connectivity index (χ0v) is 15.9. The van der Waals surface area contributed by atoms with Crippen molar-refractivity contribution in [3.8, 4) is 0 Å². The van der Waals surface area contributed by atoms with Gasteiger partial charge in [-0.3, -0.25) is 0 Å². The molecule has 0 rings (SSSR count). The van der Waals surface area contributed by atoms with Crippen molar-refractivity contribution in [1.82, 2.24) is 0 Å². The molecule has 0 aromatic rings. The van der Waals surface area contributed by atoms with Crippen LogP contribution >= 0.6 is 0 Å². The van der Waals surface area contributed by atoms with Crippen molar-refractivity contribution in [2.24, 2.45) is 0 Å². The van der Waals surface area contributed by atoms with Crippen molar-refractivity contribution < 1.29 is 156 Å². The molecule has 0 unspecified atom stereocenters. The molecule has 0 aliphatic carbocycles. The minimum absolute atomic E-state index is 0. The van der Waals surface area contributed by atoms with Gasteiger partial charge in [0.15, 0.2) is 0 Å². The van der Waals surface area contributed by atoms with E-state index in [4.69, 9.17) is 0 Å². The summed E-state index contributed by atoms with van der Waals surface area (Å²) in [5.74, 6) is 0.